The number of thiazole rings is 2. The fourth-order valence-electron chi connectivity index (χ4n) is 2.55. The molecule has 4 aromatic rings. The minimum atomic E-state index is -0.325. The summed E-state index contributed by atoms with van der Waals surface area (Å²) in [6.07, 6.45) is 0.185. The number of H-pyrrole nitrogens is 1. The van der Waals surface area contributed by atoms with E-state index in [1.165, 1.54) is 22.7 Å². The van der Waals surface area contributed by atoms with Crippen LogP contribution in [0.1, 0.15) is 16.2 Å². The molecule has 1 aromatic carbocycles. The van der Waals surface area contributed by atoms with E-state index in [1.54, 1.807) is 17.8 Å². The van der Waals surface area contributed by atoms with Crippen molar-refractivity contribution in [3.05, 3.63) is 52.5 Å². The Hall–Kier alpha value is -3.04. The predicted molar refractivity (Wildman–Crippen MR) is 107 cm³/mol. The summed E-state index contributed by atoms with van der Waals surface area (Å²) in [5.74, 6) is -0.449. The molecule has 0 saturated heterocycles. The van der Waals surface area contributed by atoms with E-state index in [-0.39, 0.29) is 18.2 Å². The van der Waals surface area contributed by atoms with Crippen molar-refractivity contribution in [3.8, 4) is 10.7 Å². The third kappa shape index (κ3) is 3.74. The number of aromatic nitrogens is 3. The zero-order valence-corrected chi connectivity index (χ0v) is 15.9. The van der Waals surface area contributed by atoms with Gasteiger partial charge in [-0.05, 0) is 12.1 Å². The van der Waals surface area contributed by atoms with Gasteiger partial charge in [0.05, 0.1) is 17.8 Å². The molecule has 136 valence electrons. The van der Waals surface area contributed by atoms with Crippen LogP contribution in [-0.4, -0.2) is 33.8 Å². The van der Waals surface area contributed by atoms with Crippen molar-refractivity contribution >= 4 is 50.5 Å². The summed E-state index contributed by atoms with van der Waals surface area (Å²) < 4.78 is 0. The zero-order valence-electron chi connectivity index (χ0n) is 14.3. The molecule has 3 heterocycles. The number of benzene rings is 1. The van der Waals surface area contributed by atoms with Crippen LogP contribution >= 0.6 is 22.7 Å². The lowest BCUT2D eigenvalue weighted by Gasteiger charge is -1.98. The van der Waals surface area contributed by atoms with E-state index in [9.17, 15) is 9.59 Å². The highest BCUT2D eigenvalue weighted by Gasteiger charge is 2.15. The van der Waals surface area contributed by atoms with Gasteiger partial charge in [-0.1, -0.05) is 18.2 Å². The van der Waals surface area contributed by atoms with E-state index in [1.807, 2.05) is 30.3 Å². The van der Waals surface area contributed by atoms with E-state index in [0.29, 0.717) is 16.5 Å². The lowest BCUT2D eigenvalue weighted by molar-refractivity contribution is -0.120. The molecule has 0 spiro atoms. The van der Waals surface area contributed by atoms with E-state index in [0.717, 1.165) is 21.6 Å². The van der Waals surface area contributed by atoms with Crippen LogP contribution in [0.15, 0.2) is 41.1 Å². The second-order valence-corrected chi connectivity index (χ2v) is 7.47. The molecule has 0 saturated carbocycles. The van der Waals surface area contributed by atoms with Gasteiger partial charge in [0.15, 0.2) is 5.13 Å². The molecule has 0 aliphatic heterocycles. The standard InChI is InChI=1S/C18H15N5O2S2/c1-19-15(24)7-11-8-27-18(20-11)23-16(25)14-9-26-17(22-14)13-6-10-4-2-3-5-12(10)21-13/h2-6,8-9,21H,7H2,1H3,(H,19,24)(H,20,23,25). The molecular weight excluding hydrogens is 382 g/mol. The Morgan fingerprint density at radius 1 is 1.15 bits per heavy atom. The van der Waals surface area contributed by atoms with Gasteiger partial charge in [-0.3, -0.25) is 14.9 Å². The number of likely N-dealkylation sites (N-methyl/N-ethyl adjacent to an activating group) is 1. The van der Waals surface area contributed by atoms with E-state index >= 15 is 0 Å². The summed E-state index contributed by atoms with van der Waals surface area (Å²) in [6, 6.07) is 9.99. The molecular formula is C18H15N5O2S2. The average Bonchev–Trinajstić information content (AvgIpc) is 3.40. The van der Waals surface area contributed by atoms with Gasteiger partial charge < -0.3 is 10.3 Å². The number of carbonyl (C=O) groups is 2. The Labute approximate surface area is 162 Å². The summed E-state index contributed by atoms with van der Waals surface area (Å²) >= 11 is 2.68. The number of rotatable bonds is 5. The van der Waals surface area contributed by atoms with E-state index in [2.05, 4.69) is 25.6 Å². The number of carbonyl (C=O) groups excluding carboxylic acids is 2. The number of amides is 2. The first kappa shape index (κ1) is 17.4. The maximum absolute atomic E-state index is 12.4. The van der Waals surface area contributed by atoms with E-state index in [4.69, 9.17) is 0 Å². The minimum absolute atomic E-state index is 0.124. The predicted octanol–water partition coefficient (Wildman–Crippen LogP) is 3.29. The Morgan fingerprint density at radius 2 is 2.00 bits per heavy atom. The molecule has 4 rings (SSSR count). The Morgan fingerprint density at radius 3 is 2.81 bits per heavy atom. The highest BCUT2D eigenvalue weighted by molar-refractivity contribution is 7.14. The highest BCUT2D eigenvalue weighted by Crippen LogP contribution is 2.27. The smallest absolute Gasteiger partial charge is 0.276 e. The molecule has 0 atom stereocenters. The fraction of sp³-hybridized carbons (Fsp3) is 0.111. The first-order valence-electron chi connectivity index (χ1n) is 8.12. The van der Waals surface area contributed by atoms with Crippen molar-refractivity contribution in [3.63, 3.8) is 0 Å². The molecule has 0 unspecified atom stereocenters. The van der Waals surface area contributed by atoms with Gasteiger partial charge in [0.2, 0.25) is 5.91 Å². The lowest BCUT2D eigenvalue weighted by Crippen LogP contribution is -2.20. The molecule has 0 fully saturated rings. The van der Waals surface area contributed by atoms with Gasteiger partial charge >= 0.3 is 0 Å². The molecule has 3 aromatic heterocycles. The van der Waals surface area contributed by atoms with Crippen molar-refractivity contribution in [2.24, 2.45) is 0 Å². The Balaban J connectivity index is 1.48. The van der Waals surface area contributed by atoms with Gasteiger partial charge in [-0.2, -0.15) is 0 Å². The summed E-state index contributed by atoms with van der Waals surface area (Å²) in [4.78, 5) is 35.8. The van der Waals surface area contributed by atoms with Crippen LogP contribution in [0.2, 0.25) is 0 Å². The molecule has 0 aliphatic carbocycles. The van der Waals surface area contributed by atoms with Gasteiger partial charge in [0.1, 0.15) is 10.7 Å². The number of fused-ring (bicyclic) bond motifs is 1. The topological polar surface area (TPSA) is 99.8 Å². The molecule has 27 heavy (non-hydrogen) atoms. The van der Waals surface area contributed by atoms with Crippen molar-refractivity contribution in [2.45, 2.75) is 6.42 Å². The summed E-state index contributed by atoms with van der Waals surface area (Å²) in [5, 5.41) is 11.0. The minimum Gasteiger partial charge on any atom is -0.359 e. The van der Waals surface area contributed by atoms with Crippen molar-refractivity contribution in [2.75, 3.05) is 12.4 Å². The van der Waals surface area contributed by atoms with Crippen LogP contribution in [0.5, 0.6) is 0 Å². The number of para-hydroxylation sites is 1. The van der Waals surface area contributed by atoms with Crippen LogP contribution in [0, 0.1) is 0 Å². The monoisotopic (exact) mass is 397 g/mol. The van der Waals surface area contributed by atoms with Crippen molar-refractivity contribution in [1.82, 2.24) is 20.3 Å². The molecule has 2 amide bonds. The second-order valence-electron chi connectivity index (χ2n) is 5.76. The molecule has 0 radical (unpaired) electrons. The van der Waals surface area contributed by atoms with Crippen LogP contribution in [0.3, 0.4) is 0 Å². The molecule has 9 heteroatoms. The fourth-order valence-corrected chi connectivity index (χ4v) is 4.03. The molecule has 7 nitrogen and oxygen atoms in total. The molecule has 3 N–H and O–H groups in total. The van der Waals surface area contributed by atoms with Crippen molar-refractivity contribution in [1.29, 1.82) is 0 Å². The Kier molecular flexibility index (Phi) is 4.69. The normalized spacial score (nSPS) is 10.9. The number of aromatic amines is 1. The average molecular weight is 397 g/mol. The van der Waals surface area contributed by atoms with Gasteiger partial charge in [0, 0.05) is 28.7 Å². The second kappa shape index (κ2) is 7.29. The van der Waals surface area contributed by atoms with Gasteiger partial charge in [-0.15, -0.1) is 22.7 Å². The maximum atomic E-state index is 12.4. The molecule has 0 bridgehead atoms. The van der Waals surface area contributed by atoms with Crippen LogP contribution in [0.25, 0.3) is 21.6 Å². The first-order chi connectivity index (χ1) is 13.1. The first-order valence-corrected chi connectivity index (χ1v) is 9.88. The number of nitrogens with zero attached hydrogens (tertiary/aromatic N) is 2. The number of hydrogen-bond donors (Lipinski definition) is 3. The number of anilines is 1. The SMILES string of the molecule is CNC(=O)Cc1csc(NC(=O)c2csc(-c3cc4ccccc4[nH]3)n2)n1. The van der Waals surface area contributed by atoms with E-state index < -0.39 is 0 Å². The molecule has 0 aliphatic rings. The van der Waals surface area contributed by atoms with Gasteiger partial charge in [0.25, 0.3) is 5.91 Å². The summed E-state index contributed by atoms with van der Waals surface area (Å²) in [5.41, 5.74) is 2.85. The van der Waals surface area contributed by atoms with Gasteiger partial charge in [-0.25, -0.2) is 9.97 Å². The van der Waals surface area contributed by atoms with Crippen molar-refractivity contribution < 1.29 is 9.59 Å². The largest absolute Gasteiger partial charge is 0.359 e. The third-order valence-electron chi connectivity index (χ3n) is 3.89. The van der Waals surface area contributed by atoms with Crippen LogP contribution in [0.4, 0.5) is 5.13 Å². The summed E-state index contributed by atoms with van der Waals surface area (Å²) in [6.45, 7) is 0. The van der Waals surface area contributed by atoms with Crippen LogP contribution in [-0.2, 0) is 11.2 Å². The summed E-state index contributed by atoms with van der Waals surface area (Å²) in [7, 11) is 1.57. The Bertz CT molecular complexity index is 1090. The zero-order chi connectivity index (χ0) is 18.8. The quantitative estimate of drug-likeness (QED) is 0.481. The maximum Gasteiger partial charge on any atom is 0.276 e. The number of nitrogens with one attached hydrogen (secondary N) is 3. The van der Waals surface area contributed by atoms with Crippen LogP contribution < -0.4 is 10.6 Å². The number of hydrogen-bond acceptors (Lipinski definition) is 6. The highest BCUT2D eigenvalue weighted by atomic mass is 32.1. The lowest BCUT2D eigenvalue weighted by atomic mass is 10.2. The third-order valence-corrected chi connectivity index (χ3v) is 5.57.